The first-order valence-corrected chi connectivity index (χ1v) is 5.55. The molecule has 0 aliphatic carbocycles. The Labute approximate surface area is 84.3 Å². The summed E-state index contributed by atoms with van der Waals surface area (Å²) in [5.41, 5.74) is 0. The molecule has 1 aromatic rings. The van der Waals surface area contributed by atoms with Crippen molar-refractivity contribution in [1.82, 2.24) is 0 Å². The zero-order valence-corrected chi connectivity index (χ0v) is 9.03. The molecule has 2 rings (SSSR count). The van der Waals surface area contributed by atoms with Gasteiger partial charge in [-0.1, -0.05) is 0 Å². The molecular weight excluding hydrogens is 238 g/mol. The average Bonchev–Trinajstić information content (AvgIpc) is 2.54. The van der Waals surface area contributed by atoms with Crippen molar-refractivity contribution in [3.63, 3.8) is 0 Å². The van der Waals surface area contributed by atoms with E-state index in [0.717, 1.165) is 26.3 Å². The van der Waals surface area contributed by atoms with Gasteiger partial charge in [0.2, 0.25) is 0 Å². The van der Waals surface area contributed by atoms with Gasteiger partial charge in [0, 0.05) is 13.1 Å². The number of hydrogen-bond acceptors (Lipinski definition) is 3. The number of ether oxygens (including phenoxy) is 1. The van der Waals surface area contributed by atoms with Crippen molar-refractivity contribution in [3.8, 4) is 0 Å². The Morgan fingerprint density at radius 2 is 2.08 bits per heavy atom. The van der Waals surface area contributed by atoms with Crippen LogP contribution in [0.15, 0.2) is 15.9 Å². The lowest BCUT2D eigenvalue weighted by molar-refractivity contribution is 0.123. The predicted octanol–water partition coefficient (Wildman–Crippen LogP) is 2.35. The molecule has 66 valence electrons. The topological polar surface area (TPSA) is 12.5 Å². The summed E-state index contributed by atoms with van der Waals surface area (Å²) in [6.07, 6.45) is 0. The molecule has 0 amide bonds. The first-order chi connectivity index (χ1) is 5.86. The first kappa shape index (κ1) is 8.53. The Bertz CT molecular complexity index is 257. The monoisotopic (exact) mass is 247 g/mol. The van der Waals surface area contributed by atoms with E-state index in [0.29, 0.717) is 0 Å². The van der Waals surface area contributed by atoms with Gasteiger partial charge in [-0.05, 0) is 28.1 Å². The summed E-state index contributed by atoms with van der Waals surface area (Å²) in [6, 6.07) is 4.25. The van der Waals surface area contributed by atoms with Crippen molar-refractivity contribution in [2.24, 2.45) is 0 Å². The van der Waals surface area contributed by atoms with Crippen molar-refractivity contribution in [1.29, 1.82) is 0 Å². The summed E-state index contributed by atoms with van der Waals surface area (Å²) >= 11 is 5.24. The van der Waals surface area contributed by atoms with Crippen molar-refractivity contribution in [3.05, 3.63) is 15.9 Å². The van der Waals surface area contributed by atoms with Crippen LogP contribution in [-0.2, 0) is 4.74 Å². The molecule has 1 aromatic heterocycles. The van der Waals surface area contributed by atoms with Crippen LogP contribution in [0.3, 0.4) is 0 Å². The SMILES string of the molecule is Brc1ccc(N2CCOCC2)s1. The highest BCUT2D eigenvalue weighted by Gasteiger charge is 2.12. The summed E-state index contributed by atoms with van der Waals surface area (Å²) in [7, 11) is 0. The zero-order chi connectivity index (χ0) is 8.39. The van der Waals surface area contributed by atoms with Crippen LogP contribution < -0.4 is 4.90 Å². The van der Waals surface area contributed by atoms with E-state index >= 15 is 0 Å². The minimum Gasteiger partial charge on any atom is -0.378 e. The Morgan fingerprint density at radius 3 is 2.67 bits per heavy atom. The molecule has 2 nitrogen and oxygen atoms in total. The van der Waals surface area contributed by atoms with Crippen LogP contribution in [0.4, 0.5) is 5.00 Å². The predicted molar refractivity (Wildman–Crippen MR) is 55.1 cm³/mol. The molecule has 0 atom stereocenters. The van der Waals surface area contributed by atoms with E-state index in [4.69, 9.17) is 4.74 Å². The lowest BCUT2D eigenvalue weighted by atomic mass is 10.4. The minimum atomic E-state index is 0.857. The molecule has 2 heterocycles. The van der Waals surface area contributed by atoms with Crippen LogP contribution >= 0.6 is 27.3 Å². The maximum absolute atomic E-state index is 5.28. The number of thiophene rings is 1. The molecule has 12 heavy (non-hydrogen) atoms. The summed E-state index contributed by atoms with van der Waals surface area (Å²) in [5, 5.41) is 1.34. The maximum Gasteiger partial charge on any atom is 0.0921 e. The largest absolute Gasteiger partial charge is 0.378 e. The van der Waals surface area contributed by atoms with Crippen LogP contribution in [0.25, 0.3) is 0 Å². The van der Waals surface area contributed by atoms with Gasteiger partial charge in [-0.3, -0.25) is 0 Å². The second kappa shape index (κ2) is 3.77. The number of rotatable bonds is 1. The molecule has 0 saturated carbocycles. The normalized spacial score (nSPS) is 18.2. The maximum atomic E-state index is 5.28. The van der Waals surface area contributed by atoms with Gasteiger partial charge in [0.15, 0.2) is 0 Å². The van der Waals surface area contributed by atoms with Gasteiger partial charge >= 0.3 is 0 Å². The van der Waals surface area contributed by atoms with E-state index in [1.165, 1.54) is 8.79 Å². The Balaban J connectivity index is 2.08. The first-order valence-electron chi connectivity index (χ1n) is 3.94. The molecular formula is C8H10BrNOS. The highest BCUT2D eigenvalue weighted by atomic mass is 79.9. The minimum absolute atomic E-state index is 0.857. The third kappa shape index (κ3) is 1.81. The van der Waals surface area contributed by atoms with Gasteiger partial charge in [-0.15, -0.1) is 11.3 Å². The number of anilines is 1. The van der Waals surface area contributed by atoms with E-state index in [9.17, 15) is 0 Å². The van der Waals surface area contributed by atoms with Crippen molar-refractivity contribution >= 4 is 32.3 Å². The third-order valence-electron chi connectivity index (χ3n) is 1.88. The van der Waals surface area contributed by atoms with Crippen LogP contribution in [0.5, 0.6) is 0 Å². The van der Waals surface area contributed by atoms with Gasteiger partial charge < -0.3 is 9.64 Å². The van der Waals surface area contributed by atoms with Gasteiger partial charge in [0.05, 0.1) is 22.0 Å². The van der Waals surface area contributed by atoms with Crippen LogP contribution in [-0.4, -0.2) is 26.3 Å². The fourth-order valence-electron chi connectivity index (χ4n) is 1.26. The molecule has 4 heteroatoms. The van der Waals surface area contributed by atoms with Gasteiger partial charge in [0.1, 0.15) is 0 Å². The molecule has 1 aliphatic heterocycles. The lowest BCUT2D eigenvalue weighted by Gasteiger charge is -2.27. The highest BCUT2D eigenvalue weighted by Crippen LogP contribution is 2.30. The van der Waals surface area contributed by atoms with Gasteiger partial charge in [0.25, 0.3) is 0 Å². The smallest absolute Gasteiger partial charge is 0.0921 e. The van der Waals surface area contributed by atoms with Crippen molar-refractivity contribution in [2.75, 3.05) is 31.2 Å². The van der Waals surface area contributed by atoms with E-state index in [1.54, 1.807) is 11.3 Å². The van der Waals surface area contributed by atoms with Crippen molar-refractivity contribution in [2.45, 2.75) is 0 Å². The molecule has 1 fully saturated rings. The Hall–Kier alpha value is -0.0600. The molecule has 0 unspecified atom stereocenters. The number of nitrogens with zero attached hydrogens (tertiary/aromatic N) is 1. The fraction of sp³-hybridized carbons (Fsp3) is 0.500. The quantitative estimate of drug-likeness (QED) is 0.756. The fourth-order valence-corrected chi connectivity index (χ4v) is 2.67. The molecule has 0 aromatic carbocycles. The number of hydrogen-bond donors (Lipinski definition) is 0. The Morgan fingerprint density at radius 1 is 1.33 bits per heavy atom. The summed E-state index contributed by atoms with van der Waals surface area (Å²) < 4.78 is 6.48. The lowest BCUT2D eigenvalue weighted by Crippen LogP contribution is -2.35. The molecule has 0 bridgehead atoms. The molecule has 0 spiro atoms. The third-order valence-corrected chi connectivity index (χ3v) is 3.57. The van der Waals surface area contributed by atoms with Gasteiger partial charge in [-0.2, -0.15) is 0 Å². The standard InChI is InChI=1S/C8H10BrNOS/c9-7-1-2-8(12-7)10-3-5-11-6-4-10/h1-2H,3-6H2. The highest BCUT2D eigenvalue weighted by molar-refractivity contribution is 9.11. The average molecular weight is 248 g/mol. The second-order valence-corrected chi connectivity index (χ2v) is 5.12. The molecule has 1 saturated heterocycles. The number of halogens is 1. The summed E-state index contributed by atoms with van der Waals surface area (Å²) in [4.78, 5) is 2.36. The van der Waals surface area contributed by atoms with Crippen molar-refractivity contribution < 1.29 is 4.74 Å². The summed E-state index contributed by atoms with van der Waals surface area (Å²) in [6.45, 7) is 3.75. The molecule has 0 N–H and O–H groups in total. The van der Waals surface area contributed by atoms with E-state index in [-0.39, 0.29) is 0 Å². The van der Waals surface area contributed by atoms with Gasteiger partial charge in [-0.25, -0.2) is 0 Å². The van der Waals surface area contributed by atoms with E-state index in [1.807, 2.05) is 0 Å². The molecule has 0 radical (unpaired) electrons. The van der Waals surface area contributed by atoms with E-state index < -0.39 is 0 Å². The second-order valence-electron chi connectivity index (χ2n) is 2.68. The zero-order valence-electron chi connectivity index (χ0n) is 6.62. The van der Waals surface area contributed by atoms with E-state index in [2.05, 4.69) is 33.0 Å². The van der Waals surface area contributed by atoms with Crippen LogP contribution in [0, 0.1) is 0 Å². The summed E-state index contributed by atoms with van der Waals surface area (Å²) in [5.74, 6) is 0. The van der Waals surface area contributed by atoms with Crippen LogP contribution in [0.1, 0.15) is 0 Å². The number of morpholine rings is 1. The molecule has 1 aliphatic rings. The Kier molecular flexibility index (Phi) is 2.68. The van der Waals surface area contributed by atoms with Crippen LogP contribution in [0.2, 0.25) is 0 Å².